The van der Waals surface area contributed by atoms with Crippen molar-refractivity contribution in [3.8, 4) is 11.8 Å². The van der Waals surface area contributed by atoms with Crippen LogP contribution in [0.25, 0.3) is 0 Å². The van der Waals surface area contributed by atoms with Crippen molar-refractivity contribution in [3.05, 3.63) is 29.3 Å². The molecule has 2 N–H and O–H groups in total. The van der Waals surface area contributed by atoms with Gasteiger partial charge in [0, 0.05) is 11.3 Å². The lowest BCUT2D eigenvalue weighted by atomic mass is 10.1. The van der Waals surface area contributed by atoms with Crippen molar-refractivity contribution in [2.24, 2.45) is 0 Å². The molecule has 0 aliphatic carbocycles. The number of carbonyl (C=O) groups excluding carboxylic acids is 1. The molecule has 0 saturated heterocycles. The number of aryl methyl sites for hydroxylation is 1. The van der Waals surface area contributed by atoms with Gasteiger partial charge in [0.2, 0.25) is 10.0 Å². The molecule has 0 unspecified atom stereocenters. The van der Waals surface area contributed by atoms with Gasteiger partial charge in [-0.25, -0.2) is 8.42 Å². The number of hydrogen-bond acceptors (Lipinski definition) is 5. The molecule has 7 heteroatoms. The van der Waals surface area contributed by atoms with Gasteiger partial charge in [-0.05, 0) is 24.6 Å². The summed E-state index contributed by atoms with van der Waals surface area (Å²) < 4.78 is 30.0. The molecule has 0 aromatic heterocycles. The van der Waals surface area contributed by atoms with Crippen LogP contribution in [0.2, 0.25) is 0 Å². The predicted molar refractivity (Wildman–Crippen MR) is 74.6 cm³/mol. The highest BCUT2D eigenvalue weighted by Gasteiger charge is 2.17. The molecule has 1 aromatic rings. The Bertz CT molecular complexity index is 655. The fraction of sp³-hybridized carbons (Fsp3) is 0.308. The van der Waals surface area contributed by atoms with Crippen LogP contribution in [0.1, 0.15) is 11.1 Å². The van der Waals surface area contributed by atoms with Crippen molar-refractivity contribution < 1.29 is 23.1 Å². The topological polar surface area (TPSA) is 92.7 Å². The van der Waals surface area contributed by atoms with Gasteiger partial charge >= 0.3 is 5.97 Å². The van der Waals surface area contributed by atoms with Crippen LogP contribution in [0.4, 0.5) is 5.69 Å². The van der Waals surface area contributed by atoms with Crippen LogP contribution in [0.5, 0.6) is 0 Å². The number of sulfonamides is 1. The van der Waals surface area contributed by atoms with Crippen LogP contribution < -0.4 is 4.72 Å². The Morgan fingerprint density at radius 2 is 2.15 bits per heavy atom. The van der Waals surface area contributed by atoms with E-state index in [1.165, 1.54) is 6.07 Å². The van der Waals surface area contributed by atoms with Crippen molar-refractivity contribution in [2.45, 2.75) is 6.92 Å². The van der Waals surface area contributed by atoms with Gasteiger partial charge in [0.15, 0.2) is 5.75 Å². The van der Waals surface area contributed by atoms with Crippen LogP contribution >= 0.6 is 0 Å². The molecule has 0 spiro atoms. The Kier molecular flexibility index (Phi) is 5.55. The first-order valence-electron chi connectivity index (χ1n) is 5.65. The quantitative estimate of drug-likeness (QED) is 0.614. The maximum Gasteiger partial charge on any atom is 0.322 e. The molecule has 108 valence electrons. The molecule has 0 bridgehead atoms. The Labute approximate surface area is 117 Å². The summed E-state index contributed by atoms with van der Waals surface area (Å²) in [5.41, 5.74) is 1.74. The average Bonchev–Trinajstić information content (AvgIpc) is 2.38. The van der Waals surface area contributed by atoms with E-state index in [1.54, 1.807) is 12.1 Å². The van der Waals surface area contributed by atoms with Gasteiger partial charge in [0.1, 0.15) is 6.61 Å². The Morgan fingerprint density at radius 1 is 1.45 bits per heavy atom. The lowest BCUT2D eigenvalue weighted by molar-refractivity contribution is -0.137. The number of nitrogens with one attached hydrogen (secondary N) is 1. The fourth-order valence-electron chi connectivity index (χ4n) is 1.38. The normalized spacial score (nSPS) is 10.3. The molecular weight excluding hydrogens is 282 g/mol. The number of rotatable bonds is 4. The third-order valence-electron chi connectivity index (χ3n) is 2.35. The van der Waals surface area contributed by atoms with Crippen molar-refractivity contribution >= 4 is 21.7 Å². The third-order valence-corrected chi connectivity index (χ3v) is 3.51. The second-order valence-corrected chi connectivity index (χ2v) is 5.65. The molecule has 0 atom stereocenters. The van der Waals surface area contributed by atoms with Gasteiger partial charge in [-0.15, -0.1) is 0 Å². The van der Waals surface area contributed by atoms with Crippen LogP contribution in [-0.2, 0) is 19.6 Å². The number of benzene rings is 1. The third kappa shape index (κ3) is 4.91. The Hall–Kier alpha value is -2.04. The number of aliphatic hydroxyl groups is 1. The summed E-state index contributed by atoms with van der Waals surface area (Å²) in [5, 5.41) is 8.66. The number of ether oxygens (including phenoxy) is 1. The highest BCUT2D eigenvalue weighted by molar-refractivity contribution is 7.93. The minimum Gasteiger partial charge on any atom is -0.468 e. The zero-order valence-electron chi connectivity index (χ0n) is 11.1. The van der Waals surface area contributed by atoms with Crippen molar-refractivity contribution in [1.29, 1.82) is 0 Å². The van der Waals surface area contributed by atoms with E-state index in [2.05, 4.69) is 21.3 Å². The van der Waals surface area contributed by atoms with Gasteiger partial charge in [-0.1, -0.05) is 17.9 Å². The summed E-state index contributed by atoms with van der Waals surface area (Å²) in [6, 6.07) is 4.79. The summed E-state index contributed by atoms with van der Waals surface area (Å²) in [6.07, 6.45) is 0. The highest BCUT2D eigenvalue weighted by atomic mass is 32.2. The van der Waals surface area contributed by atoms with Gasteiger partial charge in [-0.3, -0.25) is 9.52 Å². The van der Waals surface area contributed by atoms with E-state index in [4.69, 9.17) is 5.11 Å². The standard InChI is InChI=1S/C13H15NO5S/c1-10-5-6-12(8-11(10)4-3-7-15)14-20(17,18)9-13(16)19-2/h5-6,8,14-15H,7,9H2,1-2H3. The van der Waals surface area contributed by atoms with Crippen LogP contribution in [-0.4, -0.2) is 39.0 Å². The summed E-state index contributed by atoms with van der Waals surface area (Å²) in [5.74, 6) is 3.61. The number of anilines is 1. The largest absolute Gasteiger partial charge is 0.468 e. The van der Waals surface area contributed by atoms with E-state index in [9.17, 15) is 13.2 Å². The Balaban J connectivity index is 2.96. The number of esters is 1. The molecule has 1 aromatic carbocycles. The van der Waals surface area contributed by atoms with Crippen LogP contribution in [0.15, 0.2) is 18.2 Å². The first-order valence-corrected chi connectivity index (χ1v) is 7.31. The summed E-state index contributed by atoms with van der Waals surface area (Å²) >= 11 is 0. The first-order chi connectivity index (χ1) is 9.38. The number of aliphatic hydroxyl groups excluding tert-OH is 1. The van der Waals surface area contributed by atoms with Crippen molar-refractivity contribution in [1.82, 2.24) is 0 Å². The SMILES string of the molecule is COC(=O)CS(=O)(=O)Nc1ccc(C)c(C#CCO)c1. The lowest BCUT2D eigenvalue weighted by Gasteiger charge is -2.08. The van der Waals surface area contributed by atoms with Crippen molar-refractivity contribution in [2.75, 3.05) is 24.2 Å². The molecule has 20 heavy (non-hydrogen) atoms. The Morgan fingerprint density at radius 3 is 2.75 bits per heavy atom. The minimum atomic E-state index is -3.82. The van der Waals surface area contributed by atoms with Crippen LogP contribution in [0.3, 0.4) is 0 Å². The van der Waals surface area contributed by atoms with Gasteiger partial charge in [0.05, 0.1) is 7.11 Å². The van der Waals surface area contributed by atoms with E-state index in [0.29, 0.717) is 11.3 Å². The van der Waals surface area contributed by atoms with Gasteiger partial charge in [0.25, 0.3) is 0 Å². The molecule has 6 nitrogen and oxygen atoms in total. The number of carbonyl (C=O) groups is 1. The number of methoxy groups -OCH3 is 1. The molecule has 0 radical (unpaired) electrons. The zero-order valence-corrected chi connectivity index (χ0v) is 12.0. The minimum absolute atomic E-state index is 0.280. The first kappa shape index (κ1) is 16.0. The van der Waals surface area contributed by atoms with Crippen LogP contribution in [0, 0.1) is 18.8 Å². The predicted octanol–water partition coefficient (Wildman–Crippen LogP) is 0.254. The molecule has 0 fully saturated rings. The second kappa shape index (κ2) is 6.93. The van der Waals surface area contributed by atoms with Gasteiger partial charge < -0.3 is 9.84 Å². The highest BCUT2D eigenvalue weighted by Crippen LogP contribution is 2.16. The smallest absolute Gasteiger partial charge is 0.322 e. The maximum absolute atomic E-state index is 11.7. The lowest BCUT2D eigenvalue weighted by Crippen LogP contribution is -2.23. The summed E-state index contributed by atoms with van der Waals surface area (Å²) in [6.45, 7) is 1.53. The molecule has 1 rings (SSSR count). The maximum atomic E-state index is 11.7. The van der Waals surface area contributed by atoms with E-state index in [0.717, 1.165) is 12.7 Å². The zero-order chi connectivity index (χ0) is 15.2. The van der Waals surface area contributed by atoms with E-state index in [1.807, 2.05) is 6.92 Å². The fourth-order valence-corrected chi connectivity index (χ4v) is 2.37. The molecule has 0 amide bonds. The van der Waals surface area contributed by atoms with Crippen molar-refractivity contribution in [3.63, 3.8) is 0 Å². The molecule has 0 saturated carbocycles. The number of hydrogen-bond donors (Lipinski definition) is 2. The molecule has 0 aliphatic rings. The van der Waals surface area contributed by atoms with E-state index < -0.39 is 21.7 Å². The van der Waals surface area contributed by atoms with E-state index in [-0.39, 0.29) is 6.61 Å². The summed E-state index contributed by atoms with van der Waals surface area (Å²) in [4.78, 5) is 11.0. The van der Waals surface area contributed by atoms with Gasteiger partial charge in [-0.2, -0.15) is 0 Å². The second-order valence-electron chi connectivity index (χ2n) is 3.93. The molecule has 0 heterocycles. The summed E-state index contributed by atoms with van der Waals surface area (Å²) in [7, 11) is -2.70. The molecular formula is C13H15NO5S. The van der Waals surface area contributed by atoms with E-state index >= 15 is 0 Å². The average molecular weight is 297 g/mol. The monoisotopic (exact) mass is 297 g/mol. The molecule has 0 aliphatic heterocycles.